The van der Waals surface area contributed by atoms with Crippen LogP contribution >= 0.6 is 0 Å². The lowest BCUT2D eigenvalue weighted by atomic mass is 9.90. The minimum Gasteiger partial charge on any atom is -0.481 e. The molecular formula is C13H19NO3. The topological polar surface area (TPSA) is 62.5 Å². The Kier molecular flexibility index (Phi) is 3.84. The van der Waals surface area contributed by atoms with Crippen molar-refractivity contribution in [1.29, 1.82) is 0 Å². The molecule has 0 aliphatic carbocycles. The van der Waals surface area contributed by atoms with Crippen LogP contribution in [0.5, 0.6) is 0 Å². The average Bonchev–Trinajstić information content (AvgIpc) is 2.56. The van der Waals surface area contributed by atoms with E-state index in [0.29, 0.717) is 0 Å². The van der Waals surface area contributed by atoms with Crippen molar-refractivity contribution in [1.82, 2.24) is 5.32 Å². The molecule has 17 heavy (non-hydrogen) atoms. The number of hydrogen-bond donors (Lipinski definition) is 2. The number of rotatable bonds is 3. The van der Waals surface area contributed by atoms with Crippen LogP contribution in [-0.2, 0) is 4.79 Å². The van der Waals surface area contributed by atoms with E-state index in [2.05, 4.69) is 5.32 Å². The van der Waals surface area contributed by atoms with Gasteiger partial charge in [0, 0.05) is 0 Å². The van der Waals surface area contributed by atoms with Crippen LogP contribution in [0.4, 0.5) is 0 Å². The predicted molar refractivity (Wildman–Crippen MR) is 63.8 cm³/mol. The van der Waals surface area contributed by atoms with Crippen LogP contribution in [0.15, 0.2) is 16.5 Å². The highest BCUT2D eigenvalue weighted by molar-refractivity contribution is 5.67. The maximum Gasteiger partial charge on any atom is 0.303 e. The van der Waals surface area contributed by atoms with Gasteiger partial charge in [-0.2, -0.15) is 0 Å². The Morgan fingerprint density at radius 2 is 2.35 bits per heavy atom. The molecule has 1 aliphatic rings. The van der Waals surface area contributed by atoms with E-state index in [4.69, 9.17) is 9.52 Å². The second-order valence-corrected chi connectivity index (χ2v) is 4.73. The predicted octanol–water partition coefficient (Wildman–Crippen LogP) is 2.49. The van der Waals surface area contributed by atoms with Gasteiger partial charge in [-0.15, -0.1) is 0 Å². The summed E-state index contributed by atoms with van der Waals surface area (Å²) in [6, 6.07) is 3.93. The van der Waals surface area contributed by atoms with Gasteiger partial charge in [0.05, 0.1) is 12.5 Å². The summed E-state index contributed by atoms with van der Waals surface area (Å²) in [5, 5.41) is 12.4. The van der Waals surface area contributed by atoms with Crippen molar-refractivity contribution in [3.8, 4) is 0 Å². The number of nitrogens with one attached hydrogen (secondary N) is 1. The fourth-order valence-electron chi connectivity index (χ4n) is 2.52. The quantitative estimate of drug-likeness (QED) is 0.847. The van der Waals surface area contributed by atoms with E-state index in [1.807, 2.05) is 19.1 Å². The summed E-state index contributed by atoms with van der Waals surface area (Å²) < 4.78 is 5.63. The Morgan fingerprint density at radius 3 is 3.00 bits per heavy atom. The molecule has 1 saturated heterocycles. The largest absolute Gasteiger partial charge is 0.481 e. The maximum absolute atomic E-state index is 10.9. The van der Waals surface area contributed by atoms with Crippen LogP contribution in [0.2, 0.25) is 0 Å². The summed E-state index contributed by atoms with van der Waals surface area (Å²) in [7, 11) is 0. The summed E-state index contributed by atoms with van der Waals surface area (Å²) in [6.45, 7) is 2.84. The van der Waals surface area contributed by atoms with Gasteiger partial charge in [0.1, 0.15) is 11.5 Å². The molecular weight excluding hydrogens is 218 g/mol. The molecule has 4 heteroatoms. The van der Waals surface area contributed by atoms with Crippen molar-refractivity contribution in [3.05, 3.63) is 23.7 Å². The zero-order valence-electron chi connectivity index (χ0n) is 10.1. The molecule has 1 aliphatic heterocycles. The standard InChI is InChI=1S/C13H19NO3/c1-9-5-6-11(17-9)13-10(8-12(15)16)4-2-3-7-14-13/h5-6,10,13-14H,2-4,7-8H2,1H3,(H,15,16)/t10-,13+/m1/s1. The van der Waals surface area contributed by atoms with Gasteiger partial charge in [0.25, 0.3) is 0 Å². The smallest absolute Gasteiger partial charge is 0.303 e. The molecule has 94 valence electrons. The van der Waals surface area contributed by atoms with Crippen molar-refractivity contribution in [2.24, 2.45) is 5.92 Å². The van der Waals surface area contributed by atoms with Crippen LogP contribution in [0.25, 0.3) is 0 Å². The fraction of sp³-hybridized carbons (Fsp3) is 0.615. The molecule has 1 aromatic heterocycles. The lowest BCUT2D eigenvalue weighted by Gasteiger charge is -2.22. The number of furan rings is 1. The number of carboxylic acids is 1. The second-order valence-electron chi connectivity index (χ2n) is 4.73. The molecule has 2 rings (SSSR count). The summed E-state index contributed by atoms with van der Waals surface area (Å²) in [4.78, 5) is 10.9. The first-order valence-electron chi connectivity index (χ1n) is 6.18. The zero-order valence-corrected chi connectivity index (χ0v) is 10.1. The van der Waals surface area contributed by atoms with E-state index in [9.17, 15) is 4.79 Å². The molecule has 0 spiro atoms. The Morgan fingerprint density at radius 1 is 1.53 bits per heavy atom. The Labute approximate surface area is 101 Å². The summed E-state index contributed by atoms with van der Waals surface area (Å²) in [5.74, 6) is 1.14. The SMILES string of the molecule is Cc1ccc([C@H]2NCCCC[C@@H]2CC(=O)O)o1. The lowest BCUT2D eigenvalue weighted by molar-refractivity contribution is -0.138. The Balaban J connectivity index is 2.16. The Hall–Kier alpha value is -1.29. The van der Waals surface area contributed by atoms with Gasteiger partial charge in [-0.3, -0.25) is 4.79 Å². The third-order valence-corrected chi connectivity index (χ3v) is 3.34. The molecule has 0 saturated carbocycles. The Bertz CT molecular complexity index is 386. The molecule has 1 aromatic rings. The van der Waals surface area contributed by atoms with Gasteiger partial charge >= 0.3 is 5.97 Å². The van der Waals surface area contributed by atoms with Crippen molar-refractivity contribution in [2.45, 2.75) is 38.6 Å². The van der Waals surface area contributed by atoms with E-state index in [0.717, 1.165) is 37.3 Å². The van der Waals surface area contributed by atoms with Crippen LogP contribution in [0.1, 0.15) is 43.2 Å². The molecule has 0 unspecified atom stereocenters. The second kappa shape index (κ2) is 5.36. The summed E-state index contributed by atoms with van der Waals surface area (Å²) in [5.41, 5.74) is 0. The number of aryl methyl sites for hydroxylation is 1. The van der Waals surface area contributed by atoms with Crippen molar-refractivity contribution in [3.63, 3.8) is 0 Å². The highest BCUT2D eigenvalue weighted by Gasteiger charge is 2.28. The average molecular weight is 237 g/mol. The molecule has 2 atom stereocenters. The highest BCUT2D eigenvalue weighted by Crippen LogP contribution is 2.32. The van der Waals surface area contributed by atoms with Crippen molar-refractivity contribution >= 4 is 5.97 Å². The number of aliphatic carboxylic acids is 1. The first-order valence-corrected chi connectivity index (χ1v) is 6.18. The summed E-state index contributed by atoms with van der Waals surface area (Å²) in [6.07, 6.45) is 3.34. The normalized spacial score (nSPS) is 25.5. The fourth-order valence-corrected chi connectivity index (χ4v) is 2.52. The minimum absolute atomic E-state index is 0.0438. The van der Waals surface area contributed by atoms with Crippen LogP contribution in [0.3, 0.4) is 0 Å². The van der Waals surface area contributed by atoms with Gasteiger partial charge < -0.3 is 14.8 Å². The molecule has 2 N–H and O–H groups in total. The van der Waals surface area contributed by atoms with Gasteiger partial charge in [-0.05, 0) is 44.4 Å². The van der Waals surface area contributed by atoms with Gasteiger partial charge in [0.2, 0.25) is 0 Å². The van der Waals surface area contributed by atoms with E-state index < -0.39 is 5.97 Å². The van der Waals surface area contributed by atoms with Gasteiger partial charge in [0.15, 0.2) is 0 Å². The highest BCUT2D eigenvalue weighted by atomic mass is 16.4. The van der Waals surface area contributed by atoms with E-state index >= 15 is 0 Å². The molecule has 2 heterocycles. The third kappa shape index (κ3) is 3.09. The van der Waals surface area contributed by atoms with E-state index in [1.165, 1.54) is 0 Å². The van der Waals surface area contributed by atoms with Gasteiger partial charge in [-0.1, -0.05) is 6.42 Å². The van der Waals surface area contributed by atoms with Crippen LogP contribution < -0.4 is 5.32 Å². The van der Waals surface area contributed by atoms with Gasteiger partial charge in [-0.25, -0.2) is 0 Å². The zero-order chi connectivity index (χ0) is 12.3. The van der Waals surface area contributed by atoms with Crippen LogP contribution in [0, 0.1) is 12.8 Å². The monoisotopic (exact) mass is 237 g/mol. The maximum atomic E-state index is 10.9. The molecule has 0 amide bonds. The number of carbonyl (C=O) groups is 1. The molecule has 0 bridgehead atoms. The summed E-state index contributed by atoms with van der Waals surface area (Å²) >= 11 is 0. The van der Waals surface area contributed by atoms with E-state index in [-0.39, 0.29) is 18.4 Å². The first-order chi connectivity index (χ1) is 8.16. The third-order valence-electron chi connectivity index (χ3n) is 3.34. The number of hydrogen-bond acceptors (Lipinski definition) is 3. The molecule has 0 radical (unpaired) electrons. The minimum atomic E-state index is -0.730. The number of carboxylic acid groups (broad SMARTS) is 1. The van der Waals surface area contributed by atoms with Crippen molar-refractivity contribution < 1.29 is 14.3 Å². The van der Waals surface area contributed by atoms with E-state index in [1.54, 1.807) is 0 Å². The first kappa shape index (κ1) is 12.2. The van der Waals surface area contributed by atoms with Crippen molar-refractivity contribution in [2.75, 3.05) is 6.54 Å². The molecule has 0 aromatic carbocycles. The molecule has 4 nitrogen and oxygen atoms in total. The molecule has 1 fully saturated rings. The van der Waals surface area contributed by atoms with Crippen LogP contribution in [-0.4, -0.2) is 17.6 Å². The lowest BCUT2D eigenvalue weighted by Crippen LogP contribution is -2.28.